The minimum atomic E-state index is -0.209. The number of rotatable bonds is 4. The van der Waals surface area contributed by atoms with Gasteiger partial charge < -0.3 is 15.3 Å². The molecule has 3 aromatic heterocycles. The molecule has 0 fully saturated rings. The quantitative estimate of drug-likeness (QED) is 0.459. The van der Waals surface area contributed by atoms with Gasteiger partial charge in [-0.25, -0.2) is 19.7 Å². The molecule has 8 heteroatoms. The molecule has 8 nitrogen and oxygen atoms in total. The minimum Gasteiger partial charge on any atom is -0.364 e. The Morgan fingerprint density at radius 1 is 0.963 bits per heavy atom. The number of imidazole rings is 2. The van der Waals surface area contributed by atoms with Crippen LogP contribution in [0.3, 0.4) is 0 Å². The zero-order valence-electron chi connectivity index (χ0n) is 14.2. The molecule has 132 valence electrons. The van der Waals surface area contributed by atoms with Crippen LogP contribution in [-0.2, 0) is 6.54 Å². The molecular formula is C19H15N7O. The van der Waals surface area contributed by atoms with Crippen LogP contribution in [0.15, 0.2) is 66.0 Å². The molecule has 0 amide bonds. The maximum Gasteiger partial charge on any atom is 0.323 e. The smallest absolute Gasteiger partial charge is 0.323 e. The molecule has 0 aliphatic rings. The summed E-state index contributed by atoms with van der Waals surface area (Å²) < 4.78 is 1.93. The molecule has 0 aliphatic carbocycles. The highest BCUT2D eigenvalue weighted by Crippen LogP contribution is 2.21. The lowest BCUT2D eigenvalue weighted by Crippen LogP contribution is -2.03. The van der Waals surface area contributed by atoms with E-state index in [0.717, 1.165) is 27.9 Å². The summed E-state index contributed by atoms with van der Waals surface area (Å²) in [4.78, 5) is 30.1. The molecule has 5 aromatic rings. The van der Waals surface area contributed by atoms with Gasteiger partial charge in [-0.3, -0.25) is 4.57 Å². The van der Waals surface area contributed by atoms with Gasteiger partial charge in [0.15, 0.2) is 17.0 Å². The maximum absolute atomic E-state index is 11.4. The van der Waals surface area contributed by atoms with E-state index in [1.54, 1.807) is 6.33 Å². The zero-order chi connectivity index (χ0) is 18.2. The van der Waals surface area contributed by atoms with Crippen molar-refractivity contribution in [3.8, 4) is 5.69 Å². The zero-order valence-corrected chi connectivity index (χ0v) is 14.2. The Morgan fingerprint density at radius 2 is 1.81 bits per heavy atom. The predicted molar refractivity (Wildman–Crippen MR) is 103 cm³/mol. The van der Waals surface area contributed by atoms with Crippen molar-refractivity contribution in [2.24, 2.45) is 0 Å². The van der Waals surface area contributed by atoms with Gasteiger partial charge in [0.1, 0.15) is 12.7 Å². The fourth-order valence-corrected chi connectivity index (χ4v) is 3.12. The molecule has 5 rings (SSSR count). The summed E-state index contributed by atoms with van der Waals surface area (Å²) >= 11 is 0. The molecule has 0 aliphatic heterocycles. The topological polar surface area (TPSA) is 104 Å². The van der Waals surface area contributed by atoms with Crippen molar-refractivity contribution in [2.45, 2.75) is 6.54 Å². The monoisotopic (exact) mass is 357 g/mol. The Balaban J connectivity index is 1.46. The van der Waals surface area contributed by atoms with Crippen LogP contribution in [0.5, 0.6) is 0 Å². The first-order chi connectivity index (χ1) is 13.3. The number of aromatic nitrogens is 6. The van der Waals surface area contributed by atoms with Gasteiger partial charge in [0.25, 0.3) is 0 Å². The number of para-hydroxylation sites is 1. The molecule has 0 unspecified atom stereocenters. The van der Waals surface area contributed by atoms with E-state index < -0.39 is 0 Å². The third-order valence-electron chi connectivity index (χ3n) is 4.41. The Labute approximate surface area is 152 Å². The van der Waals surface area contributed by atoms with Crippen molar-refractivity contribution in [1.29, 1.82) is 0 Å². The van der Waals surface area contributed by atoms with E-state index in [1.807, 2.05) is 53.1 Å². The van der Waals surface area contributed by atoms with Crippen LogP contribution in [0, 0.1) is 0 Å². The Bertz CT molecular complexity index is 1300. The largest absolute Gasteiger partial charge is 0.364 e. The summed E-state index contributed by atoms with van der Waals surface area (Å²) in [7, 11) is 0. The number of hydrogen-bond donors (Lipinski definition) is 3. The van der Waals surface area contributed by atoms with Crippen molar-refractivity contribution in [1.82, 2.24) is 29.5 Å². The predicted octanol–water partition coefficient (Wildman–Crippen LogP) is 2.60. The van der Waals surface area contributed by atoms with E-state index in [4.69, 9.17) is 0 Å². The summed E-state index contributed by atoms with van der Waals surface area (Å²) in [6.45, 7) is 0.549. The van der Waals surface area contributed by atoms with Crippen LogP contribution in [0.4, 0.5) is 5.82 Å². The number of nitrogens with one attached hydrogen (secondary N) is 3. The Kier molecular flexibility index (Phi) is 3.46. The van der Waals surface area contributed by atoms with Crippen LogP contribution in [0.25, 0.3) is 27.9 Å². The number of aromatic amines is 2. The van der Waals surface area contributed by atoms with E-state index in [2.05, 4.69) is 30.2 Å². The van der Waals surface area contributed by atoms with Crippen LogP contribution in [0.1, 0.15) is 5.56 Å². The fourth-order valence-electron chi connectivity index (χ4n) is 3.12. The third kappa shape index (κ3) is 2.73. The molecule has 3 heterocycles. The van der Waals surface area contributed by atoms with Gasteiger partial charge in [-0.2, -0.15) is 0 Å². The van der Waals surface area contributed by atoms with Gasteiger partial charge in [-0.1, -0.05) is 24.3 Å². The minimum absolute atomic E-state index is 0.209. The van der Waals surface area contributed by atoms with Crippen LogP contribution >= 0.6 is 0 Å². The van der Waals surface area contributed by atoms with E-state index >= 15 is 0 Å². The lowest BCUT2D eigenvalue weighted by atomic mass is 10.2. The van der Waals surface area contributed by atoms with Crippen molar-refractivity contribution in [3.63, 3.8) is 0 Å². The molecule has 2 aromatic carbocycles. The van der Waals surface area contributed by atoms with E-state index in [0.29, 0.717) is 17.9 Å². The average Bonchev–Trinajstić information content (AvgIpc) is 3.29. The third-order valence-corrected chi connectivity index (χ3v) is 4.41. The summed E-state index contributed by atoms with van der Waals surface area (Å²) in [5.41, 5.74) is 4.81. The number of hydrogen-bond acceptors (Lipinski definition) is 5. The highest BCUT2D eigenvalue weighted by molar-refractivity contribution is 5.84. The van der Waals surface area contributed by atoms with Crippen molar-refractivity contribution < 1.29 is 0 Å². The first kappa shape index (κ1) is 15.3. The molecular weight excluding hydrogens is 342 g/mol. The van der Waals surface area contributed by atoms with Gasteiger partial charge in [-0.15, -0.1) is 0 Å². The van der Waals surface area contributed by atoms with Crippen molar-refractivity contribution in [2.75, 3.05) is 5.32 Å². The van der Waals surface area contributed by atoms with Crippen LogP contribution < -0.4 is 11.0 Å². The number of benzene rings is 2. The van der Waals surface area contributed by atoms with E-state index in [-0.39, 0.29) is 5.69 Å². The number of nitrogens with zero attached hydrogens (tertiary/aromatic N) is 4. The highest BCUT2D eigenvalue weighted by atomic mass is 16.1. The van der Waals surface area contributed by atoms with Crippen molar-refractivity contribution in [3.05, 3.63) is 77.2 Å². The molecule has 0 saturated heterocycles. The molecule has 0 spiro atoms. The normalized spacial score (nSPS) is 11.3. The van der Waals surface area contributed by atoms with E-state index in [1.165, 1.54) is 6.33 Å². The highest BCUT2D eigenvalue weighted by Gasteiger charge is 2.11. The molecule has 0 saturated carbocycles. The number of anilines is 1. The first-order valence-electron chi connectivity index (χ1n) is 8.46. The molecule has 0 radical (unpaired) electrons. The second kappa shape index (κ2) is 6.10. The summed E-state index contributed by atoms with van der Waals surface area (Å²) in [5.74, 6) is 0.664. The summed E-state index contributed by atoms with van der Waals surface area (Å²) in [6, 6.07) is 15.7. The molecule has 3 N–H and O–H groups in total. The average molecular weight is 357 g/mol. The van der Waals surface area contributed by atoms with Gasteiger partial charge in [0.2, 0.25) is 0 Å². The van der Waals surface area contributed by atoms with Crippen molar-refractivity contribution >= 4 is 28.0 Å². The standard InChI is InChI=1S/C19H15N7O/c27-19-24-14-7-6-12(8-15(14)25-19)9-20-17-16-18(22-10-21-17)26(11-23-16)13-4-2-1-3-5-13/h1-8,10-11H,9H2,(H,20,21,22)(H2,24,25,27). The number of H-pyrrole nitrogens is 2. The van der Waals surface area contributed by atoms with Gasteiger partial charge in [0.05, 0.1) is 11.0 Å². The van der Waals surface area contributed by atoms with Gasteiger partial charge in [0, 0.05) is 12.2 Å². The number of fused-ring (bicyclic) bond motifs is 2. The second-order valence-electron chi connectivity index (χ2n) is 6.16. The SMILES string of the molecule is O=c1[nH]c2ccc(CNc3ncnc4c3ncn4-c3ccccc3)cc2[nH]1. The van der Waals surface area contributed by atoms with Crippen LogP contribution in [-0.4, -0.2) is 29.5 Å². The lowest BCUT2D eigenvalue weighted by molar-refractivity contribution is 1.05. The fraction of sp³-hybridized carbons (Fsp3) is 0.0526. The first-order valence-corrected chi connectivity index (χ1v) is 8.46. The lowest BCUT2D eigenvalue weighted by Gasteiger charge is -2.07. The summed E-state index contributed by atoms with van der Waals surface area (Å²) in [6.07, 6.45) is 3.27. The Morgan fingerprint density at radius 3 is 2.70 bits per heavy atom. The van der Waals surface area contributed by atoms with Gasteiger partial charge >= 0.3 is 5.69 Å². The maximum atomic E-state index is 11.4. The summed E-state index contributed by atoms with van der Waals surface area (Å²) in [5, 5.41) is 3.31. The Hall–Kier alpha value is -3.94. The van der Waals surface area contributed by atoms with Gasteiger partial charge in [-0.05, 0) is 29.8 Å². The second-order valence-corrected chi connectivity index (χ2v) is 6.16. The van der Waals surface area contributed by atoms with E-state index in [9.17, 15) is 4.79 Å². The molecule has 27 heavy (non-hydrogen) atoms. The molecule has 0 bridgehead atoms. The van der Waals surface area contributed by atoms with Crippen LogP contribution in [0.2, 0.25) is 0 Å². The molecule has 0 atom stereocenters.